The molecule has 0 saturated carbocycles. The fourth-order valence-electron chi connectivity index (χ4n) is 0.954. The van der Waals surface area contributed by atoms with E-state index in [1.807, 2.05) is 0 Å². The van der Waals surface area contributed by atoms with Crippen molar-refractivity contribution < 1.29 is 38.6 Å². The molecule has 116 valence electrons. The third-order valence-corrected chi connectivity index (χ3v) is 1.93. The van der Waals surface area contributed by atoms with Crippen LogP contribution < -0.4 is 5.32 Å². The first kappa shape index (κ1) is 18.3. The number of carbonyl (C=O) groups excluding carboxylic acids is 4. The van der Waals surface area contributed by atoms with Crippen LogP contribution in [0.1, 0.15) is 20.3 Å². The minimum atomic E-state index is -2.02. The van der Waals surface area contributed by atoms with Gasteiger partial charge >= 0.3 is 24.3 Å². The first-order chi connectivity index (χ1) is 9.68. The Kier molecular flexibility index (Phi) is 7.37. The summed E-state index contributed by atoms with van der Waals surface area (Å²) in [6.07, 6.45) is -4.17. The lowest BCUT2D eigenvalue weighted by Gasteiger charge is -2.16. The number of amides is 1. The summed E-state index contributed by atoms with van der Waals surface area (Å²) in [5.41, 5.74) is -0.0724. The number of nitrogens with one attached hydrogen (secondary N) is 1. The van der Waals surface area contributed by atoms with E-state index in [0.717, 1.165) is 0 Å². The summed E-state index contributed by atoms with van der Waals surface area (Å²) in [5, 5.41) is 10.6. The predicted molar refractivity (Wildman–Crippen MR) is 67.1 cm³/mol. The first-order valence-electron chi connectivity index (χ1n) is 5.78. The zero-order chi connectivity index (χ0) is 16.6. The quantitative estimate of drug-likeness (QED) is 0.207. The minimum absolute atomic E-state index is 0.0724. The maximum absolute atomic E-state index is 11.7. The fourth-order valence-corrected chi connectivity index (χ4v) is 0.954. The predicted octanol–water partition coefficient (Wildman–Crippen LogP) is -0.209. The molecule has 0 bridgehead atoms. The summed E-state index contributed by atoms with van der Waals surface area (Å²) in [7, 11) is 0. The van der Waals surface area contributed by atoms with Gasteiger partial charge in [-0.2, -0.15) is 0 Å². The Morgan fingerprint density at radius 1 is 1.19 bits per heavy atom. The van der Waals surface area contributed by atoms with Crippen molar-refractivity contribution in [3.8, 4) is 0 Å². The molecule has 0 fully saturated rings. The number of ether oxygens (including phenoxy) is 2. The average Bonchev–Trinajstić information content (AvgIpc) is 2.37. The summed E-state index contributed by atoms with van der Waals surface area (Å²) in [5.74, 6) is -5.45. The van der Waals surface area contributed by atoms with Crippen molar-refractivity contribution in [3.05, 3.63) is 12.2 Å². The fraction of sp³-hybridized carbons (Fsp3) is 0.417. The average molecular weight is 301 g/mol. The van der Waals surface area contributed by atoms with Crippen LogP contribution in [0.2, 0.25) is 0 Å². The van der Waals surface area contributed by atoms with Crippen molar-refractivity contribution in [2.75, 3.05) is 6.54 Å². The van der Waals surface area contributed by atoms with Crippen molar-refractivity contribution in [2.45, 2.75) is 26.6 Å². The lowest BCUT2D eigenvalue weighted by Crippen LogP contribution is -2.38. The number of hydrogen-bond donors (Lipinski definition) is 2. The van der Waals surface area contributed by atoms with E-state index in [4.69, 9.17) is 5.11 Å². The molecule has 0 radical (unpaired) electrons. The first-order valence-corrected chi connectivity index (χ1v) is 5.78. The topological polar surface area (TPSA) is 136 Å². The number of carboxylic acids is 1. The van der Waals surface area contributed by atoms with Gasteiger partial charge in [-0.25, -0.2) is 14.4 Å². The molecule has 0 aromatic rings. The standard InChI is InChI=1S/C12H15NO8/c1-4-13-12(19)21-11(20-10(18)6(2)3)8(15)5-7(14)9(16)17/h11H,2,4-5H2,1,3H3,(H,13,19)(H,16,17). The third-order valence-electron chi connectivity index (χ3n) is 1.93. The molecular formula is C12H15NO8. The van der Waals surface area contributed by atoms with Crippen molar-refractivity contribution >= 4 is 29.6 Å². The van der Waals surface area contributed by atoms with E-state index in [2.05, 4.69) is 21.4 Å². The van der Waals surface area contributed by atoms with Crippen LogP contribution in [-0.2, 0) is 28.7 Å². The highest BCUT2D eigenvalue weighted by Crippen LogP contribution is 2.06. The second kappa shape index (κ2) is 8.46. The Bertz CT molecular complexity index is 482. The van der Waals surface area contributed by atoms with E-state index in [9.17, 15) is 24.0 Å². The Morgan fingerprint density at radius 3 is 2.19 bits per heavy atom. The van der Waals surface area contributed by atoms with E-state index in [0.29, 0.717) is 0 Å². The van der Waals surface area contributed by atoms with Gasteiger partial charge in [0.05, 0.1) is 6.42 Å². The molecule has 0 aliphatic rings. The van der Waals surface area contributed by atoms with Crippen molar-refractivity contribution in [3.63, 3.8) is 0 Å². The Morgan fingerprint density at radius 2 is 1.76 bits per heavy atom. The molecule has 21 heavy (non-hydrogen) atoms. The van der Waals surface area contributed by atoms with E-state index >= 15 is 0 Å². The molecule has 1 amide bonds. The lowest BCUT2D eigenvalue weighted by atomic mass is 10.2. The van der Waals surface area contributed by atoms with Crippen LogP contribution in [0.3, 0.4) is 0 Å². The van der Waals surface area contributed by atoms with E-state index in [1.165, 1.54) is 6.92 Å². The second-order valence-corrected chi connectivity index (χ2v) is 3.82. The number of rotatable bonds is 8. The van der Waals surface area contributed by atoms with Crippen LogP contribution in [0.25, 0.3) is 0 Å². The van der Waals surface area contributed by atoms with Gasteiger partial charge in [0.25, 0.3) is 0 Å². The number of ketones is 2. The van der Waals surface area contributed by atoms with Gasteiger partial charge in [0, 0.05) is 12.1 Å². The molecule has 9 nitrogen and oxygen atoms in total. The zero-order valence-electron chi connectivity index (χ0n) is 11.5. The van der Waals surface area contributed by atoms with Crippen LogP contribution in [0.5, 0.6) is 0 Å². The Labute approximate surface area is 119 Å². The Balaban J connectivity index is 4.93. The van der Waals surface area contributed by atoms with Gasteiger partial charge in [-0.15, -0.1) is 0 Å². The smallest absolute Gasteiger partial charge is 0.410 e. The van der Waals surface area contributed by atoms with E-state index in [1.54, 1.807) is 6.92 Å². The molecule has 0 aromatic heterocycles. The zero-order valence-corrected chi connectivity index (χ0v) is 11.5. The maximum atomic E-state index is 11.7. The van der Waals surface area contributed by atoms with Gasteiger partial charge in [-0.1, -0.05) is 6.58 Å². The molecule has 1 atom stereocenters. The third kappa shape index (κ3) is 6.85. The molecular weight excluding hydrogens is 286 g/mol. The highest BCUT2D eigenvalue weighted by Gasteiger charge is 2.30. The number of Topliss-reactive ketones (excluding diaryl/α,β-unsaturated/α-hetero) is 2. The highest BCUT2D eigenvalue weighted by molar-refractivity contribution is 6.36. The molecule has 0 aromatic carbocycles. The maximum Gasteiger partial charge on any atom is 0.410 e. The molecule has 0 saturated heterocycles. The van der Waals surface area contributed by atoms with E-state index in [-0.39, 0.29) is 12.1 Å². The van der Waals surface area contributed by atoms with Crippen LogP contribution in [-0.4, -0.2) is 47.5 Å². The second-order valence-electron chi connectivity index (χ2n) is 3.82. The molecule has 1 unspecified atom stereocenters. The van der Waals surface area contributed by atoms with Gasteiger partial charge in [-0.05, 0) is 13.8 Å². The number of hydrogen-bond acceptors (Lipinski definition) is 7. The van der Waals surface area contributed by atoms with Crippen molar-refractivity contribution in [2.24, 2.45) is 0 Å². The van der Waals surface area contributed by atoms with Crippen molar-refractivity contribution in [1.82, 2.24) is 5.32 Å². The highest BCUT2D eigenvalue weighted by atomic mass is 16.7. The molecule has 0 spiro atoms. The van der Waals surface area contributed by atoms with Gasteiger partial charge in [0.15, 0.2) is 0 Å². The minimum Gasteiger partial charge on any atom is -0.475 e. The number of alkyl carbamates (subject to hydrolysis) is 1. The molecule has 0 aliphatic carbocycles. The van der Waals surface area contributed by atoms with Gasteiger partial charge in [-0.3, -0.25) is 9.59 Å². The lowest BCUT2D eigenvalue weighted by molar-refractivity contribution is -0.173. The molecule has 0 aliphatic heterocycles. The normalized spacial score (nSPS) is 11.0. The van der Waals surface area contributed by atoms with E-state index < -0.39 is 42.3 Å². The van der Waals surface area contributed by atoms with Crippen LogP contribution in [0, 0.1) is 0 Å². The molecule has 0 heterocycles. The summed E-state index contributed by atoms with van der Waals surface area (Å²) in [6, 6.07) is 0. The number of aliphatic carboxylic acids is 1. The molecule has 2 N–H and O–H groups in total. The largest absolute Gasteiger partial charge is 0.475 e. The summed E-state index contributed by atoms with van der Waals surface area (Å²) in [6.45, 7) is 6.32. The summed E-state index contributed by atoms with van der Waals surface area (Å²) in [4.78, 5) is 55.5. The molecule has 0 rings (SSSR count). The number of carbonyl (C=O) groups is 5. The van der Waals surface area contributed by atoms with Gasteiger partial charge in [0.2, 0.25) is 11.6 Å². The number of carboxylic acid groups (broad SMARTS) is 1. The summed E-state index contributed by atoms with van der Waals surface area (Å²) >= 11 is 0. The van der Waals surface area contributed by atoms with Crippen LogP contribution >= 0.6 is 0 Å². The number of esters is 1. The Hall–Kier alpha value is -2.71. The monoisotopic (exact) mass is 301 g/mol. The van der Waals surface area contributed by atoms with Crippen LogP contribution in [0.15, 0.2) is 12.2 Å². The van der Waals surface area contributed by atoms with Crippen LogP contribution in [0.4, 0.5) is 4.79 Å². The van der Waals surface area contributed by atoms with Gasteiger partial charge in [0.1, 0.15) is 0 Å². The molecule has 9 heteroatoms. The van der Waals surface area contributed by atoms with Gasteiger partial charge < -0.3 is 19.9 Å². The van der Waals surface area contributed by atoms with Crippen molar-refractivity contribution in [1.29, 1.82) is 0 Å². The summed E-state index contributed by atoms with van der Waals surface area (Å²) < 4.78 is 9.08. The SMILES string of the molecule is C=C(C)C(=O)OC(OC(=O)NCC)C(=O)CC(=O)C(=O)O.